The van der Waals surface area contributed by atoms with Gasteiger partial charge >= 0.3 is 0 Å². The van der Waals surface area contributed by atoms with E-state index in [4.69, 9.17) is 4.42 Å². The number of halogens is 1. The van der Waals surface area contributed by atoms with E-state index in [0.717, 1.165) is 43.7 Å². The molecule has 1 saturated carbocycles. The summed E-state index contributed by atoms with van der Waals surface area (Å²) in [6, 6.07) is 6.13. The van der Waals surface area contributed by atoms with E-state index in [1.807, 2.05) is 4.90 Å². The van der Waals surface area contributed by atoms with Gasteiger partial charge in [-0.15, -0.1) is 10.2 Å². The van der Waals surface area contributed by atoms with E-state index in [1.54, 1.807) is 12.1 Å². The molecule has 4 rings (SSSR count). The fraction of sp³-hybridized carbons (Fsp3) is 0.571. The molecular weight excluding hydrogens is 345 g/mol. The average Bonchev–Trinajstić information content (AvgIpc) is 3.21. The number of carbonyl (C=O) groups is 1. The van der Waals surface area contributed by atoms with E-state index in [9.17, 15) is 9.18 Å². The minimum Gasteiger partial charge on any atom is -0.425 e. The van der Waals surface area contributed by atoms with E-state index >= 15 is 0 Å². The van der Waals surface area contributed by atoms with Gasteiger partial charge in [-0.25, -0.2) is 4.39 Å². The summed E-state index contributed by atoms with van der Waals surface area (Å²) in [6.07, 6.45) is 8.22. The van der Waals surface area contributed by atoms with E-state index in [0.29, 0.717) is 24.8 Å². The summed E-state index contributed by atoms with van der Waals surface area (Å²) in [5.74, 6) is 1.75. The smallest absolute Gasteiger partial charge is 0.227 e. The SMILES string of the molecule is O=C(Cc1ccc(F)cc1)N1CCCC(c2nnc(C3CCCCC3)o2)C1. The van der Waals surface area contributed by atoms with E-state index in [-0.39, 0.29) is 17.6 Å². The molecule has 0 radical (unpaired) electrons. The zero-order valence-electron chi connectivity index (χ0n) is 15.6. The van der Waals surface area contributed by atoms with Crippen LogP contribution >= 0.6 is 0 Å². The Morgan fingerprint density at radius 1 is 1.00 bits per heavy atom. The molecule has 5 nitrogen and oxygen atoms in total. The van der Waals surface area contributed by atoms with Gasteiger partial charge in [-0.05, 0) is 43.4 Å². The predicted octanol–water partition coefficient (Wildman–Crippen LogP) is 4.21. The summed E-state index contributed by atoms with van der Waals surface area (Å²) < 4.78 is 19.1. The molecule has 0 bridgehead atoms. The van der Waals surface area contributed by atoms with Gasteiger partial charge in [0.05, 0.1) is 12.3 Å². The number of aromatic nitrogens is 2. The third-order valence-electron chi connectivity index (χ3n) is 5.80. The molecule has 1 aliphatic carbocycles. The van der Waals surface area contributed by atoms with Crippen LogP contribution in [0.25, 0.3) is 0 Å². The Hall–Kier alpha value is -2.24. The first-order valence-electron chi connectivity index (χ1n) is 10.0. The number of benzene rings is 1. The highest BCUT2D eigenvalue weighted by atomic mass is 19.1. The topological polar surface area (TPSA) is 59.2 Å². The van der Waals surface area contributed by atoms with Crippen LogP contribution in [0.15, 0.2) is 28.7 Å². The number of hydrogen-bond donors (Lipinski definition) is 0. The largest absolute Gasteiger partial charge is 0.425 e. The van der Waals surface area contributed by atoms with E-state index in [1.165, 1.54) is 31.4 Å². The van der Waals surface area contributed by atoms with Crippen LogP contribution in [-0.2, 0) is 11.2 Å². The molecule has 2 aromatic rings. The summed E-state index contributed by atoms with van der Waals surface area (Å²) in [6.45, 7) is 1.37. The normalized spacial score (nSPS) is 21.4. The Morgan fingerprint density at radius 3 is 2.41 bits per heavy atom. The maximum atomic E-state index is 13.0. The van der Waals surface area contributed by atoms with Crippen molar-refractivity contribution in [2.45, 2.75) is 63.2 Å². The molecule has 144 valence electrons. The summed E-state index contributed by atoms with van der Waals surface area (Å²) in [5, 5.41) is 8.61. The fourth-order valence-corrected chi connectivity index (χ4v) is 4.22. The maximum absolute atomic E-state index is 13.0. The molecule has 2 heterocycles. The van der Waals surface area contributed by atoms with Crippen LogP contribution in [0.1, 0.15) is 74.1 Å². The third kappa shape index (κ3) is 4.37. The first kappa shape index (κ1) is 18.1. The lowest BCUT2D eigenvalue weighted by atomic mass is 9.89. The van der Waals surface area contributed by atoms with Crippen molar-refractivity contribution in [2.24, 2.45) is 0 Å². The van der Waals surface area contributed by atoms with Crippen molar-refractivity contribution in [2.75, 3.05) is 13.1 Å². The van der Waals surface area contributed by atoms with Gasteiger partial charge in [-0.3, -0.25) is 4.79 Å². The van der Waals surface area contributed by atoms with Gasteiger partial charge in [0, 0.05) is 19.0 Å². The Kier molecular flexibility index (Phi) is 5.50. The van der Waals surface area contributed by atoms with Crippen LogP contribution in [-0.4, -0.2) is 34.1 Å². The van der Waals surface area contributed by atoms with Crippen LogP contribution in [0.2, 0.25) is 0 Å². The average molecular weight is 371 g/mol. The molecule has 27 heavy (non-hydrogen) atoms. The first-order chi connectivity index (χ1) is 13.2. The van der Waals surface area contributed by atoms with Gasteiger partial charge < -0.3 is 9.32 Å². The van der Waals surface area contributed by atoms with Crippen molar-refractivity contribution in [1.82, 2.24) is 15.1 Å². The second kappa shape index (κ2) is 8.19. The molecule has 1 atom stereocenters. The Morgan fingerprint density at radius 2 is 1.67 bits per heavy atom. The van der Waals surface area contributed by atoms with E-state index in [2.05, 4.69) is 10.2 Å². The highest BCUT2D eigenvalue weighted by molar-refractivity contribution is 5.78. The molecule has 0 spiro atoms. The maximum Gasteiger partial charge on any atom is 0.227 e. The summed E-state index contributed by atoms with van der Waals surface area (Å²) in [4.78, 5) is 14.5. The van der Waals surface area contributed by atoms with Crippen molar-refractivity contribution < 1.29 is 13.6 Å². The molecule has 1 saturated heterocycles. The number of piperidine rings is 1. The highest BCUT2D eigenvalue weighted by Gasteiger charge is 2.29. The van der Waals surface area contributed by atoms with Crippen molar-refractivity contribution in [3.8, 4) is 0 Å². The summed E-state index contributed by atoms with van der Waals surface area (Å²) >= 11 is 0. The van der Waals surface area contributed by atoms with Gasteiger partial charge in [0.15, 0.2) is 0 Å². The molecule has 2 fully saturated rings. The Bertz CT molecular complexity index is 768. The van der Waals surface area contributed by atoms with Gasteiger partial charge in [-0.1, -0.05) is 31.4 Å². The number of rotatable bonds is 4. The zero-order valence-corrected chi connectivity index (χ0v) is 15.6. The lowest BCUT2D eigenvalue weighted by Gasteiger charge is -2.31. The predicted molar refractivity (Wildman–Crippen MR) is 98.8 cm³/mol. The minimum absolute atomic E-state index is 0.0679. The fourth-order valence-electron chi connectivity index (χ4n) is 4.22. The van der Waals surface area contributed by atoms with Gasteiger partial charge in [0.25, 0.3) is 0 Å². The zero-order chi connectivity index (χ0) is 18.6. The van der Waals surface area contributed by atoms with Gasteiger partial charge in [0.1, 0.15) is 5.82 Å². The first-order valence-corrected chi connectivity index (χ1v) is 10.0. The number of nitrogens with zero attached hydrogens (tertiary/aromatic N) is 3. The molecule has 1 amide bonds. The van der Waals surface area contributed by atoms with Gasteiger partial charge in [-0.2, -0.15) is 0 Å². The second-order valence-corrected chi connectivity index (χ2v) is 7.80. The third-order valence-corrected chi connectivity index (χ3v) is 5.80. The molecule has 6 heteroatoms. The standard InChI is InChI=1S/C21H26FN3O2/c22-18-10-8-15(9-11-18)13-19(26)25-12-4-7-17(14-25)21-24-23-20(27-21)16-5-2-1-3-6-16/h8-11,16-17H,1-7,12-14H2. The van der Waals surface area contributed by atoms with Crippen molar-refractivity contribution in [3.05, 3.63) is 47.4 Å². The van der Waals surface area contributed by atoms with Crippen LogP contribution < -0.4 is 0 Å². The Labute approximate surface area is 159 Å². The molecule has 1 aromatic carbocycles. The van der Waals surface area contributed by atoms with Crippen LogP contribution in [0, 0.1) is 5.82 Å². The number of hydrogen-bond acceptors (Lipinski definition) is 4. The molecule has 1 aromatic heterocycles. The van der Waals surface area contributed by atoms with E-state index < -0.39 is 0 Å². The Balaban J connectivity index is 1.38. The second-order valence-electron chi connectivity index (χ2n) is 7.80. The van der Waals surface area contributed by atoms with Crippen molar-refractivity contribution >= 4 is 5.91 Å². The molecule has 0 N–H and O–H groups in total. The lowest BCUT2D eigenvalue weighted by Crippen LogP contribution is -2.40. The van der Waals surface area contributed by atoms with Crippen molar-refractivity contribution in [1.29, 1.82) is 0 Å². The number of likely N-dealkylation sites (tertiary alicyclic amines) is 1. The van der Waals surface area contributed by atoms with Crippen LogP contribution in [0.3, 0.4) is 0 Å². The molecule has 1 unspecified atom stereocenters. The van der Waals surface area contributed by atoms with Gasteiger partial charge in [0.2, 0.25) is 17.7 Å². The number of amides is 1. The molecular formula is C21H26FN3O2. The summed E-state index contributed by atoms with van der Waals surface area (Å²) in [7, 11) is 0. The van der Waals surface area contributed by atoms with Crippen LogP contribution in [0.4, 0.5) is 4.39 Å². The minimum atomic E-state index is -0.283. The highest BCUT2D eigenvalue weighted by Crippen LogP contribution is 2.34. The monoisotopic (exact) mass is 371 g/mol. The number of carbonyl (C=O) groups excluding carboxylic acids is 1. The molecule has 2 aliphatic rings. The summed E-state index contributed by atoms with van der Waals surface area (Å²) in [5.41, 5.74) is 0.834. The quantitative estimate of drug-likeness (QED) is 0.808. The molecule has 1 aliphatic heterocycles. The van der Waals surface area contributed by atoms with Crippen molar-refractivity contribution in [3.63, 3.8) is 0 Å². The lowest BCUT2D eigenvalue weighted by molar-refractivity contribution is -0.131. The van der Waals surface area contributed by atoms with Crippen LogP contribution in [0.5, 0.6) is 0 Å².